The number of halogens is 1. The molecular formula is C24H26BrN3O6S. The van der Waals surface area contributed by atoms with E-state index in [1.165, 1.54) is 13.3 Å². The second-order valence-electron chi connectivity index (χ2n) is 8.37. The Kier molecular flexibility index (Phi) is 7.60. The number of methoxy groups -OCH3 is 1. The average molecular weight is 564 g/mol. The number of fused-ring (bicyclic) bond motifs is 1. The lowest BCUT2D eigenvalue weighted by molar-refractivity contribution is 0.0600. The number of hydrogen-bond acceptors (Lipinski definition) is 8. The number of ether oxygens (including phenoxy) is 3. The van der Waals surface area contributed by atoms with E-state index in [1.54, 1.807) is 30.3 Å². The number of pyridine rings is 1. The van der Waals surface area contributed by atoms with Crippen LogP contribution >= 0.6 is 15.9 Å². The van der Waals surface area contributed by atoms with Gasteiger partial charge in [0, 0.05) is 40.5 Å². The van der Waals surface area contributed by atoms with Gasteiger partial charge in [0.15, 0.2) is 0 Å². The first-order valence-corrected chi connectivity index (χ1v) is 13.3. The molecule has 1 aliphatic rings. The van der Waals surface area contributed by atoms with E-state index in [2.05, 4.69) is 31.0 Å². The van der Waals surface area contributed by atoms with Crippen LogP contribution in [0, 0.1) is 0 Å². The maximum atomic E-state index is 13.4. The molecule has 0 saturated carbocycles. The van der Waals surface area contributed by atoms with Crippen molar-refractivity contribution in [2.24, 2.45) is 0 Å². The Hall–Kier alpha value is -2.73. The predicted octanol–water partition coefficient (Wildman–Crippen LogP) is 4.38. The van der Waals surface area contributed by atoms with E-state index in [1.807, 2.05) is 19.9 Å². The number of rotatable bonds is 8. The van der Waals surface area contributed by atoms with Gasteiger partial charge in [-0.05, 0) is 50.6 Å². The molecule has 2 heterocycles. The maximum Gasteiger partial charge on any atom is 0.338 e. The van der Waals surface area contributed by atoms with Crippen molar-refractivity contribution in [3.8, 4) is 5.75 Å². The fourth-order valence-corrected chi connectivity index (χ4v) is 5.50. The van der Waals surface area contributed by atoms with Crippen LogP contribution in [0.25, 0.3) is 10.9 Å². The quantitative estimate of drug-likeness (QED) is 0.388. The number of hydrogen-bond donors (Lipinski definition) is 2. The third kappa shape index (κ3) is 5.92. The van der Waals surface area contributed by atoms with Gasteiger partial charge in [0.2, 0.25) is 10.0 Å². The molecule has 2 N–H and O–H groups in total. The molecule has 186 valence electrons. The van der Waals surface area contributed by atoms with Crippen molar-refractivity contribution in [1.29, 1.82) is 0 Å². The second kappa shape index (κ2) is 10.5. The number of nitrogens with zero attached hydrogens (tertiary/aromatic N) is 1. The Labute approximate surface area is 212 Å². The van der Waals surface area contributed by atoms with Crippen LogP contribution in [0.2, 0.25) is 0 Å². The molecule has 2 aromatic carbocycles. The zero-order valence-electron chi connectivity index (χ0n) is 19.5. The van der Waals surface area contributed by atoms with Gasteiger partial charge >= 0.3 is 5.97 Å². The summed E-state index contributed by atoms with van der Waals surface area (Å²) in [5.74, 6) is -0.0985. The van der Waals surface area contributed by atoms with Crippen molar-refractivity contribution >= 4 is 54.2 Å². The standard InChI is InChI=1S/C24H26BrN3O6S/c1-14(2)34-19-9-15(24(29)32-3)8-18(11-19)27-23-20-5-4-16(25)10-21(20)26-12-22(23)35(30,31)28-17-6-7-33-13-17/h4-5,8-12,14,17,28H,6-7,13H2,1-3H3,(H,26,27). The average Bonchev–Trinajstić information content (AvgIpc) is 3.30. The highest BCUT2D eigenvalue weighted by Crippen LogP contribution is 2.35. The molecule has 0 aliphatic carbocycles. The number of esters is 1. The van der Waals surface area contributed by atoms with Gasteiger partial charge in [0.25, 0.3) is 0 Å². The Balaban J connectivity index is 1.84. The topological polar surface area (TPSA) is 116 Å². The summed E-state index contributed by atoms with van der Waals surface area (Å²) in [6, 6.07) is 9.93. The van der Waals surface area contributed by atoms with E-state index in [0.29, 0.717) is 47.7 Å². The third-order valence-corrected chi connectivity index (χ3v) is 7.33. The predicted molar refractivity (Wildman–Crippen MR) is 136 cm³/mol. The summed E-state index contributed by atoms with van der Waals surface area (Å²) in [4.78, 5) is 16.6. The number of carbonyl (C=O) groups excluding carboxylic acids is 1. The molecule has 9 nitrogen and oxygen atoms in total. The highest BCUT2D eigenvalue weighted by molar-refractivity contribution is 9.10. The number of anilines is 2. The van der Waals surface area contributed by atoms with Crippen molar-refractivity contribution < 1.29 is 27.4 Å². The van der Waals surface area contributed by atoms with E-state index >= 15 is 0 Å². The lowest BCUT2D eigenvalue weighted by Crippen LogP contribution is -2.35. The van der Waals surface area contributed by atoms with E-state index < -0.39 is 16.0 Å². The third-order valence-electron chi connectivity index (χ3n) is 5.31. The number of carbonyl (C=O) groups is 1. The van der Waals surface area contributed by atoms with Gasteiger partial charge in [-0.2, -0.15) is 0 Å². The number of aromatic nitrogens is 1. The van der Waals surface area contributed by atoms with Gasteiger partial charge < -0.3 is 19.5 Å². The fourth-order valence-electron chi connectivity index (χ4n) is 3.78. The van der Waals surface area contributed by atoms with Crippen molar-refractivity contribution in [3.63, 3.8) is 0 Å². The molecular weight excluding hydrogens is 538 g/mol. The van der Waals surface area contributed by atoms with Crippen molar-refractivity contribution in [2.75, 3.05) is 25.6 Å². The van der Waals surface area contributed by atoms with Crippen LogP contribution in [-0.4, -0.2) is 51.8 Å². The van der Waals surface area contributed by atoms with Crippen LogP contribution in [0.4, 0.5) is 11.4 Å². The van der Waals surface area contributed by atoms with Crippen LogP contribution in [0.5, 0.6) is 5.75 Å². The first-order valence-electron chi connectivity index (χ1n) is 11.0. The van der Waals surface area contributed by atoms with Crippen molar-refractivity contribution in [1.82, 2.24) is 9.71 Å². The molecule has 0 spiro atoms. The molecule has 1 fully saturated rings. The SMILES string of the molecule is COC(=O)c1cc(Nc2c(S(=O)(=O)NC3CCOC3)cnc3cc(Br)ccc23)cc(OC(C)C)c1. The van der Waals surface area contributed by atoms with Crippen molar-refractivity contribution in [3.05, 3.63) is 52.6 Å². The Morgan fingerprint density at radius 3 is 2.71 bits per heavy atom. The van der Waals surface area contributed by atoms with E-state index in [9.17, 15) is 13.2 Å². The summed E-state index contributed by atoms with van der Waals surface area (Å²) in [7, 11) is -2.65. The van der Waals surface area contributed by atoms with Gasteiger partial charge in [-0.1, -0.05) is 15.9 Å². The lowest BCUT2D eigenvalue weighted by Gasteiger charge is -2.19. The molecule has 4 rings (SSSR count). The molecule has 1 saturated heterocycles. The Morgan fingerprint density at radius 2 is 2.03 bits per heavy atom. The van der Waals surface area contributed by atoms with Gasteiger partial charge in [0.1, 0.15) is 10.6 Å². The molecule has 1 unspecified atom stereocenters. The first kappa shape index (κ1) is 25.4. The van der Waals surface area contributed by atoms with Gasteiger partial charge in [-0.3, -0.25) is 4.98 Å². The van der Waals surface area contributed by atoms with Crippen LogP contribution < -0.4 is 14.8 Å². The smallest absolute Gasteiger partial charge is 0.338 e. The fraction of sp³-hybridized carbons (Fsp3) is 0.333. The van der Waals surface area contributed by atoms with Gasteiger partial charge in [-0.15, -0.1) is 0 Å². The van der Waals surface area contributed by atoms with Gasteiger partial charge in [-0.25, -0.2) is 17.9 Å². The lowest BCUT2D eigenvalue weighted by atomic mass is 10.1. The molecule has 0 bridgehead atoms. The summed E-state index contributed by atoms with van der Waals surface area (Å²) in [6.45, 7) is 4.55. The summed E-state index contributed by atoms with van der Waals surface area (Å²) < 4.78 is 46.3. The number of sulfonamides is 1. The summed E-state index contributed by atoms with van der Waals surface area (Å²) in [5.41, 5.74) is 1.64. The highest BCUT2D eigenvalue weighted by atomic mass is 79.9. The monoisotopic (exact) mass is 563 g/mol. The molecule has 11 heteroatoms. The first-order chi connectivity index (χ1) is 16.7. The summed E-state index contributed by atoms with van der Waals surface area (Å²) in [5, 5.41) is 3.80. The molecule has 35 heavy (non-hydrogen) atoms. The van der Waals surface area contributed by atoms with E-state index in [-0.39, 0.29) is 22.6 Å². The molecule has 1 aromatic heterocycles. The van der Waals surface area contributed by atoms with Crippen LogP contribution in [0.15, 0.2) is 52.0 Å². The molecule has 3 aromatic rings. The van der Waals surface area contributed by atoms with Crippen LogP contribution in [0.1, 0.15) is 30.6 Å². The zero-order chi connectivity index (χ0) is 25.2. The Morgan fingerprint density at radius 1 is 1.23 bits per heavy atom. The van der Waals surface area contributed by atoms with E-state index in [0.717, 1.165) is 4.47 Å². The minimum atomic E-state index is -3.95. The molecule has 0 amide bonds. The zero-order valence-corrected chi connectivity index (χ0v) is 21.9. The van der Waals surface area contributed by atoms with Crippen LogP contribution in [-0.2, 0) is 19.5 Å². The Bertz CT molecular complexity index is 1360. The summed E-state index contributed by atoms with van der Waals surface area (Å²) >= 11 is 3.43. The minimum Gasteiger partial charge on any atom is -0.491 e. The van der Waals surface area contributed by atoms with Crippen LogP contribution in [0.3, 0.4) is 0 Å². The van der Waals surface area contributed by atoms with Gasteiger partial charge in [0.05, 0.1) is 36.6 Å². The summed E-state index contributed by atoms with van der Waals surface area (Å²) in [6.07, 6.45) is 1.78. The van der Waals surface area contributed by atoms with Crippen molar-refractivity contribution in [2.45, 2.75) is 37.3 Å². The molecule has 1 aliphatic heterocycles. The maximum absolute atomic E-state index is 13.4. The minimum absolute atomic E-state index is 0.0194. The normalized spacial score (nSPS) is 16.0. The number of nitrogens with one attached hydrogen (secondary N) is 2. The second-order valence-corrected chi connectivity index (χ2v) is 11.0. The number of benzene rings is 2. The van der Waals surface area contributed by atoms with E-state index in [4.69, 9.17) is 14.2 Å². The molecule has 1 atom stereocenters. The largest absolute Gasteiger partial charge is 0.491 e. The molecule has 0 radical (unpaired) electrons. The highest BCUT2D eigenvalue weighted by Gasteiger charge is 2.27.